The van der Waals surface area contributed by atoms with E-state index in [1.807, 2.05) is 0 Å². The third-order valence-electron chi connectivity index (χ3n) is 2.72. The molecule has 12 heavy (non-hydrogen) atoms. The topological polar surface area (TPSA) is 32.3 Å². The highest BCUT2D eigenvalue weighted by Gasteiger charge is 2.22. The molecule has 1 saturated carbocycles. The Kier molecular flexibility index (Phi) is 4.62. The van der Waals surface area contributed by atoms with E-state index in [0.29, 0.717) is 5.92 Å². The molecule has 0 radical (unpaired) electrons. The summed E-state index contributed by atoms with van der Waals surface area (Å²) in [5, 5.41) is 13.0. The molecule has 0 aromatic rings. The Morgan fingerprint density at radius 1 is 1.42 bits per heavy atom. The summed E-state index contributed by atoms with van der Waals surface area (Å²) in [4.78, 5) is 0. The summed E-state index contributed by atoms with van der Waals surface area (Å²) in [6.07, 6.45) is 6.14. The predicted molar refractivity (Wildman–Crippen MR) is 51.1 cm³/mol. The molecule has 0 heterocycles. The van der Waals surface area contributed by atoms with Crippen molar-refractivity contribution in [2.24, 2.45) is 5.92 Å². The highest BCUT2D eigenvalue weighted by atomic mass is 16.3. The predicted octanol–water partition coefficient (Wildman–Crippen LogP) is 1.54. The molecular formula is C10H21NO. The number of hydrogen-bond donors (Lipinski definition) is 2. The second-order valence-electron chi connectivity index (χ2n) is 3.82. The first-order chi connectivity index (χ1) is 5.84. The van der Waals surface area contributed by atoms with Gasteiger partial charge < -0.3 is 10.4 Å². The molecule has 0 bridgehead atoms. The summed E-state index contributed by atoms with van der Waals surface area (Å²) in [7, 11) is 0. The van der Waals surface area contributed by atoms with Gasteiger partial charge in [0.15, 0.2) is 0 Å². The largest absolute Gasteiger partial charge is 0.392 e. The van der Waals surface area contributed by atoms with Gasteiger partial charge in [-0.1, -0.05) is 19.8 Å². The van der Waals surface area contributed by atoms with E-state index in [9.17, 15) is 5.11 Å². The van der Waals surface area contributed by atoms with Crippen LogP contribution in [0.2, 0.25) is 0 Å². The number of rotatable bonds is 5. The van der Waals surface area contributed by atoms with Gasteiger partial charge >= 0.3 is 0 Å². The van der Waals surface area contributed by atoms with Crippen molar-refractivity contribution < 1.29 is 5.11 Å². The fourth-order valence-electron chi connectivity index (χ4n) is 1.94. The van der Waals surface area contributed by atoms with Crippen LogP contribution in [0.5, 0.6) is 0 Å². The first-order valence-electron chi connectivity index (χ1n) is 5.23. The standard InChI is InChI=1S/C10H21NO/c1-2-7-11-8-10(12)9-5-3-4-6-9/h9-12H,2-8H2,1H3. The molecule has 2 nitrogen and oxygen atoms in total. The van der Waals surface area contributed by atoms with Gasteiger partial charge in [-0.3, -0.25) is 0 Å². The van der Waals surface area contributed by atoms with Crippen LogP contribution in [0.4, 0.5) is 0 Å². The normalized spacial score (nSPS) is 21.5. The summed E-state index contributed by atoms with van der Waals surface area (Å²) in [6.45, 7) is 3.97. The molecule has 2 N–H and O–H groups in total. The molecule has 1 fully saturated rings. The maximum Gasteiger partial charge on any atom is 0.0692 e. The van der Waals surface area contributed by atoms with E-state index in [2.05, 4.69) is 12.2 Å². The molecule has 1 unspecified atom stereocenters. The summed E-state index contributed by atoms with van der Waals surface area (Å²) >= 11 is 0. The Morgan fingerprint density at radius 2 is 2.08 bits per heavy atom. The molecule has 1 aliphatic rings. The van der Waals surface area contributed by atoms with E-state index in [0.717, 1.165) is 19.5 Å². The van der Waals surface area contributed by atoms with Crippen LogP contribution in [-0.2, 0) is 0 Å². The van der Waals surface area contributed by atoms with Crippen molar-refractivity contribution in [2.45, 2.75) is 45.1 Å². The lowest BCUT2D eigenvalue weighted by Crippen LogP contribution is -2.32. The highest BCUT2D eigenvalue weighted by molar-refractivity contribution is 4.75. The van der Waals surface area contributed by atoms with E-state index in [4.69, 9.17) is 0 Å². The van der Waals surface area contributed by atoms with Crippen LogP contribution in [0.3, 0.4) is 0 Å². The molecule has 1 aliphatic carbocycles. The summed E-state index contributed by atoms with van der Waals surface area (Å²) in [6, 6.07) is 0. The van der Waals surface area contributed by atoms with Crippen molar-refractivity contribution in [3.63, 3.8) is 0 Å². The van der Waals surface area contributed by atoms with Crippen LogP contribution in [0.25, 0.3) is 0 Å². The van der Waals surface area contributed by atoms with E-state index in [1.165, 1.54) is 25.7 Å². The van der Waals surface area contributed by atoms with Crippen LogP contribution in [0, 0.1) is 5.92 Å². The van der Waals surface area contributed by atoms with Crippen LogP contribution >= 0.6 is 0 Å². The van der Waals surface area contributed by atoms with E-state index in [-0.39, 0.29) is 6.10 Å². The molecule has 0 aromatic carbocycles. The highest BCUT2D eigenvalue weighted by Crippen LogP contribution is 2.27. The fraction of sp³-hybridized carbons (Fsp3) is 1.00. The maximum atomic E-state index is 9.71. The minimum atomic E-state index is -0.0981. The third-order valence-corrected chi connectivity index (χ3v) is 2.72. The van der Waals surface area contributed by atoms with E-state index < -0.39 is 0 Å². The average molecular weight is 171 g/mol. The Hall–Kier alpha value is -0.0800. The Balaban J connectivity index is 2.05. The molecule has 0 saturated heterocycles. The lowest BCUT2D eigenvalue weighted by Gasteiger charge is -2.17. The number of aliphatic hydroxyl groups is 1. The smallest absolute Gasteiger partial charge is 0.0692 e. The van der Waals surface area contributed by atoms with Crippen molar-refractivity contribution in [1.82, 2.24) is 5.32 Å². The van der Waals surface area contributed by atoms with Crippen LogP contribution in [0.15, 0.2) is 0 Å². The minimum Gasteiger partial charge on any atom is -0.392 e. The molecule has 0 spiro atoms. The summed E-state index contributed by atoms with van der Waals surface area (Å²) in [5.74, 6) is 0.578. The molecular weight excluding hydrogens is 150 g/mol. The van der Waals surface area contributed by atoms with E-state index >= 15 is 0 Å². The van der Waals surface area contributed by atoms with Gasteiger partial charge in [0.1, 0.15) is 0 Å². The molecule has 72 valence electrons. The first kappa shape index (κ1) is 10.0. The molecule has 1 atom stereocenters. The number of nitrogens with one attached hydrogen (secondary N) is 1. The maximum absolute atomic E-state index is 9.71. The molecule has 0 amide bonds. The summed E-state index contributed by atoms with van der Waals surface area (Å²) in [5.41, 5.74) is 0. The SMILES string of the molecule is CCCNCC(O)C1CCCC1. The zero-order valence-corrected chi connectivity index (χ0v) is 8.05. The fourth-order valence-corrected chi connectivity index (χ4v) is 1.94. The van der Waals surface area contributed by atoms with Crippen molar-refractivity contribution in [2.75, 3.05) is 13.1 Å². The zero-order valence-electron chi connectivity index (χ0n) is 8.05. The van der Waals surface area contributed by atoms with Gasteiger partial charge in [0, 0.05) is 6.54 Å². The number of aliphatic hydroxyl groups excluding tert-OH is 1. The van der Waals surface area contributed by atoms with Crippen molar-refractivity contribution in [1.29, 1.82) is 0 Å². The summed E-state index contributed by atoms with van der Waals surface area (Å²) < 4.78 is 0. The molecule has 0 aliphatic heterocycles. The van der Waals surface area contributed by atoms with E-state index in [1.54, 1.807) is 0 Å². The van der Waals surface area contributed by atoms with Gasteiger partial charge in [0.05, 0.1) is 6.10 Å². The Labute approximate surface area is 75.4 Å². The van der Waals surface area contributed by atoms with Gasteiger partial charge in [-0.05, 0) is 31.7 Å². The quantitative estimate of drug-likeness (QED) is 0.615. The van der Waals surface area contributed by atoms with Gasteiger partial charge in [-0.25, -0.2) is 0 Å². The Morgan fingerprint density at radius 3 is 2.67 bits per heavy atom. The minimum absolute atomic E-state index is 0.0981. The second kappa shape index (κ2) is 5.55. The van der Waals surface area contributed by atoms with Crippen LogP contribution in [-0.4, -0.2) is 24.3 Å². The lowest BCUT2D eigenvalue weighted by molar-refractivity contribution is 0.109. The van der Waals surface area contributed by atoms with Crippen LogP contribution in [0.1, 0.15) is 39.0 Å². The average Bonchev–Trinajstić information content (AvgIpc) is 2.56. The zero-order chi connectivity index (χ0) is 8.81. The Bertz CT molecular complexity index is 110. The first-order valence-corrected chi connectivity index (χ1v) is 5.23. The van der Waals surface area contributed by atoms with Gasteiger partial charge in [0.25, 0.3) is 0 Å². The second-order valence-corrected chi connectivity index (χ2v) is 3.82. The molecule has 0 aromatic heterocycles. The van der Waals surface area contributed by atoms with Crippen molar-refractivity contribution >= 4 is 0 Å². The third kappa shape index (κ3) is 3.11. The van der Waals surface area contributed by atoms with Crippen molar-refractivity contribution in [3.05, 3.63) is 0 Å². The lowest BCUT2D eigenvalue weighted by atomic mass is 10.0. The number of hydrogen-bond acceptors (Lipinski definition) is 2. The van der Waals surface area contributed by atoms with Crippen LogP contribution < -0.4 is 5.32 Å². The van der Waals surface area contributed by atoms with Gasteiger partial charge in [-0.2, -0.15) is 0 Å². The molecule has 2 heteroatoms. The monoisotopic (exact) mass is 171 g/mol. The van der Waals surface area contributed by atoms with Gasteiger partial charge in [0.2, 0.25) is 0 Å². The van der Waals surface area contributed by atoms with Crippen molar-refractivity contribution in [3.8, 4) is 0 Å². The molecule has 1 rings (SSSR count). The van der Waals surface area contributed by atoms with Gasteiger partial charge in [-0.15, -0.1) is 0 Å².